The third kappa shape index (κ3) is 3.11. The summed E-state index contributed by atoms with van der Waals surface area (Å²) in [6.07, 6.45) is 0.0790. The third-order valence-electron chi connectivity index (χ3n) is 3.03. The average Bonchev–Trinajstić information content (AvgIpc) is 2.39. The van der Waals surface area contributed by atoms with Crippen molar-refractivity contribution in [2.75, 3.05) is 0 Å². The lowest BCUT2D eigenvalue weighted by Gasteiger charge is -2.16. The second kappa shape index (κ2) is 6.25. The highest BCUT2D eigenvalue weighted by Gasteiger charge is 2.26. The molecular weight excluding hydrogens is 302 g/mol. The van der Waals surface area contributed by atoms with Gasteiger partial charge >= 0.3 is 5.97 Å². The van der Waals surface area contributed by atoms with E-state index < -0.39 is 17.7 Å². The van der Waals surface area contributed by atoms with Gasteiger partial charge in [-0.25, -0.2) is 4.39 Å². The number of hydrogen-bond donors (Lipinski definition) is 1. The van der Waals surface area contributed by atoms with Crippen LogP contribution in [0.25, 0.3) is 0 Å². The fourth-order valence-corrected chi connectivity index (χ4v) is 2.55. The van der Waals surface area contributed by atoms with Crippen molar-refractivity contribution in [3.8, 4) is 0 Å². The molecule has 0 amide bonds. The maximum atomic E-state index is 13.9. The maximum Gasteiger partial charge on any atom is 0.311 e. The molecular formula is C15H11Cl2FO2. The second-order valence-corrected chi connectivity index (χ2v) is 5.14. The van der Waals surface area contributed by atoms with Crippen LogP contribution < -0.4 is 0 Å². The third-order valence-corrected chi connectivity index (χ3v) is 3.73. The Hall–Kier alpha value is -1.58. The molecule has 0 radical (unpaired) electrons. The number of hydrogen-bond acceptors (Lipinski definition) is 1. The molecule has 2 rings (SSSR count). The first kappa shape index (κ1) is 14.8. The number of carboxylic acids is 1. The van der Waals surface area contributed by atoms with Gasteiger partial charge in [0.05, 0.1) is 5.92 Å². The molecule has 1 N–H and O–H groups in total. The molecule has 0 bridgehead atoms. The minimum absolute atomic E-state index is 0.0124. The molecule has 0 saturated heterocycles. The van der Waals surface area contributed by atoms with Gasteiger partial charge in [-0.1, -0.05) is 47.5 Å². The Bertz CT molecular complexity index is 623. The van der Waals surface area contributed by atoms with Crippen molar-refractivity contribution in [3.05, 3.63) is 69.5 Å². The molecule has 0 aliphatic rings. The predicted molar refractivity (Wildman–Crippen MR) is 76.9 cm³/mol. The Morgan fingerprint density at radius 1 is 1.10 bits per heavy atom. The topological polar surface area (TPSA) is 37.3 Å². The van der Waals surface area contributed by atoms with E-state index in [-0.39, 0.29) is 17.0 Å². The average molecular weight is 313 g/mol. The Kier molecular flexibility index (Phi) is 4.63. The number of benzene rings is 2. The zero-order valence-corrected chi connectivity index (χ0v) is 11.8. The van der Waals surface area contributed by atoms with Crippen LogP contribution in [0.2, 0.25) is 10.0 Å². The van der Waals surface area contributed by atoms with Gasteiger partial charge in [0.15, 0.2) is 0 Å². The molecule has 2 nitrogen and oxygen atoms in total. The molecule has 0 saturated carbocycles. The van der Waals surface area contributed by atoms with Gasteiger partial charge in [-0.2, -0.15) is 0 Å². The van der Waals surface area contributed by atoms with E-state index in [1.165, 1.54) is 18.2 Å². The van der Waals surface area contributed by atoms with Gasteiger partial charge in [0.2, 0.25) is 0 Å². The van der Waals surface area contributed by atoms with Gasteiger partial charge in [-0.3, -0.25) is 4.79 Å². The van der Waals surface area contributed by atoms with Crippen LogP contribution in [0.5, 0.6) is 0 Å². The van der Waals surface area contributed by atoms with E-state index in [0.717, 1.165) is 0 Å². The number of halogens is 3. The first-order valence-corrected chi connectivity index (χ1v) is 6.66. The zero-order chi connectivity index (χ0) is 14.7. The van der Waals surface area contributed by atoms with Crippen molar-refractivity contribution in [3.63, 3.8) is 0 Å². The first-order chi connectivity index (χ1) is 9.50. The highest BCUT2D eigenvalue weighted by atomic mass is 35.5. The second-order valence-electron chi connectivity index (χ2n) is 4.32. The largest absolute Gasteiger partial charge is 0.481 e. The molecule has 1 unspecified atom stereocenters. The van der Waals surface area contributed by atoms with Crippen molar-refractivity contribution in [1.82, 2.24) is 0 Å². The number of aliphatic carboxylic acids is 1. The van der Waals surface area contributed by atoms with Gasteiger partial charge in [-0.15, -0.1) is 0 Å². The first-order valence-electron chi connectivity index (χ1n) is 5.91. The van der Waals surface area contributed by atoms with Gasteiger partial charge in [0, 0.05) is 15.6 Å². The van der Waals surface area contributed by atoms with E-state index in [4.69, 9.17) is 23.2 Å². The molecule has 0 aliphatic heterocycles. The summed E-state index contributed by atoms with van der Waals surface area (Å²) in [6.45, 7) is 0. The molecule has 0 heterocycles. The van der Waals surface area contributed by atoms with Crippen LogP contribution in [-0.2, 0) is 11.2 Å². The van der Waals surface area contributed by atoms with Gasteiger partial charge in [0.1, 0.15) is 5.82 Å². The lowest BCUT2D eigenvalue weighted by molar-refractivity contribution is -0.138. The molecule has 1 atom stereocenters. The van der Waals surface area contributed by atoms with Crippen molar-refractivity contribution in [2.45, 2.75) is 12.3 Å². The fraction of sp³-hybridized carbons (Fsp3) is 0.133. The van der Waals surface area contributed by atoms with Crippen LogP contribution in [0.4, 0.5) is 4.39 Å². The van der Waals surface area contributed by atoms with Crippen molar-refractivity contribution in [1.29, 1.82) is 0 Å². The summed E-state index contributed by atoms with van der Waals surface area (Å²) in [6, 6.07) is 11.0. The molecule has 0 fully saturated rings. The van der Waals surface area contributed by atoms with Crippen LogP contribution in [0.3, 0.4) is 0 Å². The maximum absolute atomic E-state index is 13.9. The van der Waals surface area contributed by atoms with Gasteiger partial charge < -0.3 is 5.11 Å². The van der Waals surface area contributed by atoms with E-state index >= 15 is 0 Å². The summed E-state index contributed by atoms with van der Waals surface area (Å²) in [5, 5.41) is 9.91. The van der Waals surface area contributed by atoms with Gasteiger partial charge in [-0.05, 0) is 30.2 Å². The standard InChI is InChI=1S/C15H11Cl2FO2/c16-11-5-2-1-4-9(11)8-10(15(19)20)14-12(17)6-3-7-13(14)18/h1-7,10H,8H2,(H,19,20). The highest BCUT2D eigenvalue weighted by molar-refractivity contribution is 6.32. The fourth-order valence-electron chi connectivity index (χ4n) is 2.04. The summed E-state index contributed by atoms with van der Waals surface area (Å²) in [5.41, 5.74) is 0.627. The van der Waals surface area contributed by atoms with Crippen molar-refractivity contribution in [2.24, 2.45) is 0 Å². The van der Waals surface area contributed by atoms with Crippen LogP contribution in [0, 0.1) is 5.82 Å². The summed E-state index contributed by atoms with van der Waals surface area (Å²) < 4.78 is 13.9. The van der Waals surface area contributed by atoms with E-state index in [1.807, 2.05) is 0 Å². The Labute approximate surface area is 125 Å². The normalized spacial score (nSPS) is 12.2. The Morgan fingerprint density at radius 2 is 1.75 bits per heavy atom. The Morgan fingerprint density at radius 3 is 2.35 bits per heavy atom. The van der Waals surface area contributed by atoms with Crippen LogP contribution in [0.1, 0.15) is 17.0 Å². The van der Waals surface area contributed by atoms with Crippen LogP contribution in [0.15, 0.2) is 42.5 Å². The molecule has 104 valence electrons. The lowest BCUT2D eigenvalue weighted by Crippen LogP contribution is -2.16. The predicted octanol–water partition coefficient (Wildman–Crippen LogP) is 4.54. The monoisotopic (exact) mass is 312 g/mol. The van der Waals surface area contributed by atoms with Crippen molar-refractivity contribution < 1.29 is 14.3 Å². The molecule has 2 aromatic rings. The number of rotatable bonds is 4. The smallest absolute Gasteiger partial charge is 0.311 e. The molecule has 20 heavy (non-hydrogen) atoms. The Balaban J connectivity index is 2.43. The summed E-state index contributed by atoms with van der Waals surface area (Å²) in [5.74, 6) is -2.85. The van der Waals surface area contributed by atoms with Crippen LogP contribution in [-0.4, -0.2) is 11.1 Å². The number of carbonyl (C=O) groups is 1. The summed E-state index contributed by atoms with van der Waals surface area (Å²) >= 11 is 12.0. The SMILES string of the molecule is O=C(O)C(Cc1ccccc1Cl)c1c(F)cccc1Cl. The van der Waals surface area contributed by atoms with Crippen LogP contribution >= 0.6 is 23.2 Å². The lowest BCUT2D eigenvalue weighted by atomic mass is 9.91. The minimum Gasteiger partial charge on any atom is -0.481 e. The molecule has 2 aromatic carbocycles. The number of carboxylic acid groups (broad SMARTS) is 1. The van der Waals surface area contributed by atoms with Crippen molar-refractivity contribution >= 4 is 29.2 Å². The van der Waals surface area contributed by atoms with E-state index in [2.05, 4.69) is 0 Å². The molecule has 5 heteroatoms. The minimum atomic E-state index is -1.14. The van der Waals surface area contributed by atoms with E-state index in [1.54, 1.807) is 24.3 Å². The van der Waals surface area contributed by atoms with Gasteiger partial charge in [0.25, 0.3) is 0 Å². The molecule has 0 aliphatic carbocycles. The summed E-state index contributed by atoms with van der Waals surface area (Å²) in [7, 11) is 0. The van der Waals surface area contributed by atoms with E-state index in [9.17, 15) is 14.3 Å². The highest BCUT2D eigenvalue weighted by Crippen LogP contribution is 2.32. The molecule has 0 aromatic heterocycles. The summed E-state index contributed by atoms with van der Waals surface area (Å²) in [4.78, 5) is 11.5. The molecule has 0 spiro atoms. The zero-order valence-electron chi connectivity index (χ0n) is 10.3. The quantitative estimate of drug-likeness (QED) is 0.899. The van der Waals surface area contributed by atoms with E-state index in [0.29, 0.717) is 10.6 Å².